The second-order valence-corrected chi connectivity index (χ2v) is 5.71. The SMILES string of the molecule is COCCNCC1CCCOC1c1cncn1C(C)C. The third kappa shape index (κ3) is 3.81. The first-order valence-corrected chi connectivity index (χ1v) is 7.57. The van der Waals surface area contributed by atoms with E-state index in [9.17, 15) is 0 Å². The fourth-order valence-corrected chi connectivity index (χ4v) is 2.81. The van der Waals surface area contributed by atoms with Crippen molar-refractivity contribution in [2.75, 3.05) is 33.4 Å². The lowest BCUT2D eigenvalue weighted by molar-refractivity contribution is -0.0328. The van der Waals surface area contributed by atoms with Gasteiger partial charge in [-0.05, 0) is 26.7 Å². The first-order valence-electron chi connectivity index (χ1n) is 7.57. The van der Waals surface area contributed by atoms with E-state index in [0.29, 0.717) is 12.0 Å². The molecule has 1 aliphatic heterocycles. The molecular weight excluding hydrogens is 254 g/mol. The molecule has 5 heteroatoms. The van der Waals surface area contributed by atoms with Crippen LogP contribution in [0, 0.1) is 5.92 Å². The predicted molar refractivity (Wildman–Crippen MR) is 78.8 cm³/mol. The molecule has 1 aliphatic rings. The highest BCUT2D eigenvalue weighted by Gasteiger charge is 2.29. The van der Waals surface area contributed by atoms with E-state index >= 15 is 0 Å². The molecule has 114 valence electrons. The summed E-state index contributed by atoms with van der Waals surface area (Å²) in [6, 6.07) is 0.417. The zero-order valence-electron chi connectivity index (χ0n) is 12.8. The predicted octanol–water partition coefficient (Wildman–Crippen LogP) is 2.17. The fraction of sp³-hybridized carbons (Fsp3) is 0.800. The molecule has 0 aromatic carbocycles. The Morgan fingerprint density at radius 1 is 1.55 bits per heavy atom. The number of ether oxygens (including phenoxy) is 2. The summed E-state index contributed by atoms with van der Waals surface area (Å²) in [7, 11) is 1.73. The highest BCUT2D eigenvalue weighted by molar-refractivity contribution is 5.07. The number of aromatic nitrogens is 2. The van der Waals surface area contributed by atoms with Crippen LogP contribution in [0.25, 0.3) is 0 Å². The van der Waals surface area contributed by atoms with Crippen LogP contribution in [0.15, 0.2) is 12.5 Å². The molecule has 0 radical (unpaired) electrons. The van der Waals surface area contributed by atoms with Crippen molar-refractivity contribution < 1.29 is 9.47 Å². The summed E-state index contributed by atoms with van der Waals surface area (Å²) in [5.41, 5.74) is 1.21. The van der Waals surface area contributed by atoms with Crippen LogP contribution in [0.2, 0.25) is 0 Å². The van der Waals surface area contributed by atoms with Gasteiger partial charge in [0.15, 0.2) is 0 Å². The average molecular weight is 281 g/mol. The largest absolute Gasteiger partial charge is 0.383 e. The van der Waals surface area contributed by atoms with Crippen molar-refractivity contribution in [2.45, 2.75) is 38.8 Å². The molecule has 1 saturated heterocycles. The van der Waals surface area contributed by atoms with E-state index in [2.05, 4.69) is 28.7 Å². The molecule has 1 aromatic rings. The fourth-order valence-electron chi connectivity index (χ4n) is 2.81. The number of rotatable bonds is 7. The number of hydrogen-bond donors (Lipinski definition) is 1. The van der Waals surface area contributed by atoms with Gasteiger partial charge in [-0.2, -0.15) is 0 Å². The van der Waals surface area contributed by atoms with E-state index in [1.807, 2.05) is 12.5 Å². The second kappa shape index (κ2) is 7.76. The van der Waals surface area contributed by atoms with Crippen molar-refractivity contribution in [1.29, 1.82) is 0 Å². The van der Waals surface area contributed by atoms with E-state index in [-0.39, 0.29) is 6.10 Å². The zero-order valence-corrected chi connectivity index (χ0v) is 12.8. The number of hydrogen-bond acceptors (Lipinski definition) is 4. The molecule has 1 N–H and O–H groups in total. The van der Waals surface area contributed by atoms with Crippen LogP contribution in [0.4, 0.5) is 0 Å². The summed E-state index contributed by atoms with van der Waals surface area (Å²) < 4.78 is 13.3. The van der Waals surface area contributed by atoms with Gasteiger partial charge in [0.25, 0.3) is 0 Å². The summed E-state index contributed by atoms with van der Waals surface area (Å²) in [6.07, 6.45) is 6.37. The smallest absolute Gasteiger partial charge is 0.103 e. The third-order valence-electron chi connectivity index (χ3n) is 3.88. The highest BCUT2D eigenvalue weighted by atomic mass is 16.5. The maximum Gasteiger partial charge on any atom is 0.103 e. The Morgan fingerprint density at radius 2 is 2.40 bits per heavy atom. The van der Waals surface area contributed by atoms with Gasteiger partial charge < -0.3 is 19.4 Å². The first kappa shape index (κ1) is 15.5. The van der Waals surface area contributed by atoms with Gasteiger partial charge in [0.1, 0.15) is 6.10 Å². The summed E-state index contributed by atoms with van der Waals surface area (Å²) in [4.78, 5) is 4.31. The van der Waals surface area contributed by atoms with Crippen LogP contribution in [-0.4, -0.2) is 43.0 Å². The number of imidazole rings is 1. The topological polar surface area (TPSA) is 48.3 Å². The van der Waals surface area contributed by atoms with Crippen molar-refractivity contribution in [1.82, 2.24) is 14.9 Å². The molecule has 0 bridgehead atoms. The molecule has 2 heterocycles. The minimum Gasteiger partial charge on any atom is -0.383 e. The molecule has 0 aliphatic carbocycles. The summed E-state index contributed by atoms with van der Waals surface area (Å²) in [6.45, 7) is 7.82. The molecule has 0 spiro atoms. The van der Waals surface area contributed by atoms with E-state index < -0.39 is 0 Å². The molecule has 2 unspecified atom stereocenters. The van der Waals surface area contributed by atoms with E-state index in [4.69, 9.17) is 9.47 Å². The van der Waals surface area contributed by atoms with Gasteiger partial charge >= 0.3 is 0 Å². The van der Waals surface area contributed by atoms with Crippen LogP contribution in [0.5, 0.6) is 0 Å². The van der Waals surface area contributed by atoms with Crippen LogP contribution in [0.1, 0.15) is 44.5 Å². The standard InChI is InChI=1S/C15H27N3O2/c1-12(2)18-11-17-10-14(18)15-13(5-4-7-20-15)9-16-6-8-19-3/h10-13,15-16H,4-9H2,1-3H3. The molecule has 1 aromatic heterocycles. The third-order valence-corrected chi connectivity index (χ3v) is 3.88. The normalized spacial score (nSPS) is 23.4. The van der Waals surface area contributed by atoms with E-state index in [1.165, 1.54) is 12.1 Å². The molecule has 0 saturated carbocycles. The van der Waals surface area contributed by atoms with Crippen LogP contribution in [0.3, 0.4) is 0 Å². The Bertz CT molecular complexity index is 392. The molecular formula is C15H27N3O2. The van der Waals surface area contributed by atoms with E-state index in [0.717, 1.165) is 32.7 Å². The summed E-state index contributed by atoms with van der Waals surface area (Å²) in [5.74, 6) is 0.509. The monoisotopic (exact) mass is 281 g/mol. The number of nitrogens with zero attached hydrogens (tertiary/aromatic N) is 2. The Balaban J connectivity index is 2.00. The van der Waals surface area contributed by atoms with Crippen molar-refractivity contribution in [3.05, 3.63) is 18.2 Å². The Labute approximate surface area is 121 Å². The summed E-state index contributed by atoms with van der Waals surface area (Å²) >= 11 is 0. The lowest BCUT2D eigenvalue weighted by Crippen LogP contribution is -2.34. The lowest BCUT2D eigenvalue weighted by atomic mass is 9.92. The Hall–Kier alpha value is -0.910. The van der Waals surface area contributed by atoms with Crippen LogP contribution >= 0.6 is 0 Å². The number of nitrogens with one attached hydrogen (secondary N) is 1. The maximum atomic E-state index is 6.05. The van der Waals surface area contributed by atoms with Crippen molar-refractivity contribution in [3.63, 3.8) is 0 Å². The van der Waals surface area contributed by atoms with Gasteiger partial charge in [-0.25, -0.2) is 4.98 Å². The Morgan fingerprint density at radius 3 is 3.15 bits per heavy atom. The van der Waals surface area contributed by atoms with Crippen molar-refractivity contribution in [2.24, 2.45) is 5.92 Å². The average Bonchev–Trinajstić information content (AvgIpc) is 2.93. The van der Waals surface area contributed by atoms with Crippen LogP contribution in [-0.2, 0) is 9.47 Å². The minimum atomic E-state index is 0.156. The molecule has 20 heavy (non-hydrogen) atoms. The van der Waals surface area contributed by atoms with Gasteiger partial charge in [-0.3, -0.25) is 0 Å². The molecule has 1 fully saturated rings. The first-order chi connectivity index (χ1) is 9.74. The molecule has 2 rings (SSSR count). The second-order valence-electron chi connectivity index (χ2n) is 5.71. The number of methoxy groups -OCH3 is 1. The van der Waals surface area contributed by atoms with Gasteiger partial charge in [0.2, 0.25) is 0 Å². The minimum absolute atomic E-state index is 0.156. The highest BCUT2D eigenvalue weighted by Crippen LogP contribution is 2.34. The van der Waals surface area contributed by atoms with Crippen LogP contribution < -0.4 is 5.32 Å². The summed E-state index contributed by atoms with van der Waals surface area (Å²) in [5, 5.41) is 3.46. The zero-order chi connectivity index (χ0) is 14.4. The van der Waals surface area contributed by atoms with Gasteiger partial charge in [0.05, 0.1) is 24.8 Å². The quantitative estimate of drug-likeness (QED) is 0.778. The van der Waals surface area contributed by atoms with Gasteiger partial charge in [0, 0.05) is 38.8 Å². The lowest BCUT2D eigenvalue weighted by Gasteiger charge is -2.33. The maximum absolute atomic E-state index is 6.05. The Kier molecular flexibility index (Phi) is 6.01. The van der Waals surface area contributed by atoms with Gasteiger partial charge in [-0.1, -0.05) is 0 Å². The molecule has 2 atom stereocenters. The van der Waals surface area contributed by atoms with Crippen molar-refractivity contribution in [3.8, 4) is 0 Å². The van der Waals surface area contributed by atoms with Crippen molar-refractivity contribution >= 4 is 0 Å². The van der Waals surface area contributed by atoms with E-state index in [1.54, 1.807) is 7.11 Å². The van der Waals surface area contributed by atoms with Gasteiger partial charge in [-0.15, -0.1) is 0 Å². The molecule has 5 nitrogen and oxygen atoms in total. The molecule has 0 amide bonds.